The normalized spacial score (nSPS) is 22.0. The summed E-state index contributed by atoms with van der Waals surface area (Å²) in [6.45, 7) is 6.42. The van der Waals surface area contributed by atoms with E-state index in [2.05, 4.69) is 33.8 Å². The molecule has 7 heteroatoms. The largest absolute Gasteiger partial charge is 0.348 e. The van der Waals surface area contributed by atoms with Gasteiger partial charge in [-0.2, -0.15) is 0 Å². The summed E-state index contributed by atoms with van der Waals surface area (Å²) >= 11 is 0. The summed E-state index contributed by atoms with van der Waals surface area (Å²) in [6.07, 6.45) is 4.26. The second-order valence-electron chi connectivity index (χ2n) is 6.40. The first kappa shape index (κ1) is 14.7. The average Bonchev–Trinajstić information content (AvgIpc) is 2.94. The van der Waals surface area contributed by atoms with Gasteiger partial charge in [0.05, 0.1) is 12.9 Å². The fourth-order valence-electron chi connectivity index (χ4n) is 3.29. The van der Waals surface area contributed by atoms with Crippen molar-refractivity contribution in [2.24, 2.45) is 11.8 Å². The molecule has 1 saturated heterocycles. The number of rotatable bonds is 3. The van der Waals surface area contributed by atoms with Crippen molar-refractivity contribution in [2.75, 3.05) is 31.6 Å². The minimum Gasteiger partial charge on any atom is -0.348 e. The summed E-state index contributed by atoms with van der Waals surface area (Å²) < 4.78 is 0. The Kier molecular flexibility index (Phi) is 3.96. The molecule has 2 aromatic rings. The number of nitrogens with zero attached hydrogens (tertiary/aromatic N) is 5. The lowest BCUT2D eigenvalue weighted by atomic mass is 9.92. The van der Waals surface area contributed by atoms with Crippen LogP contribution in [0.5, 0.6) is 0 Å². The van der Waals surface area contributed by atoms with Gasteiger partial charge in [0.1, 0.15) is 11.8 Å². The predicted octanol–water partition coefficient (Wildman–Crippen LogP) is 1.29. The van der Waals surface area contributed by atoms with Crippen molar-refractivity contribution < 1.29 is 4.79 Å². The van der Waals surface area contributed by atoms with Gasteiger partial charge in [-0.1, -0.05) is 13.8 Å². The molecule has 1 aliphatic heterocycles. The maximum Gasteiger partial charge on any atom is 0.242 e. The highest BCUT2D eigenvalue weighted by molar-refractivity contribution is 5.87. The molecule has 1 N–H and O–H groups in total. The van der Waals surface area contributed by atoms with Crippen LogP contribution in [0, 0.1) is 11.8 Å². The lowest BCUT2D eigenvalue weighted by Gasteiger charge is -2.36. The number of carbonyl (C=O) groups excluding carboxylic acids is 1. The van der Waals surface area contributed by atoms with E-state index in [1.165, 1.54) is 12.7 Å². The molecule has 0 saturated carbocycles. The number of H-pyrrole nitrogens is 1. The van der Waals surface area contributed by atoms with Crippen LogP contribution in [0.4, 0.5) is 5.82 Å². The molecule has 1 fully saturated rings. The Labute approximate surface area is 129 Å². The predicted molar refractivity (Wildman–Crippen MR) is 84.5 cm³/mol. The van der Waals surface area contributed by atoms with Crippen molar-refractivity contribution in [3.63, 3.8) is 0 Å². The van der Waals surface area contributed by atoms with Crippen LogP contribution in [-0.4, -0.2) is 57.4 Å². The van der Waals surface area contributed by atoms with E-state index in [9.17, 15) is 4.79 Å². The van der Waals surface area contributed by atoms with Crippen molar-refractivity contribution in [1.82, 2.24) is 24.8 Å². The van der Waals surface area contributed by atoms with Crippen LogP contribution in [0.15, 0.2) is 12.7 Å². The van der Waals surface area contributed by atoms with E-state index < -0.39 is 0 Å². The molecule has 0 aromatic carbocycles. The summed E-state index contributed by atoms with van der Waals surface area (Å²) in [5.74, 6) is 1.98. The third kappa shape index (κ3) is 2.88. The second-order valence-corrected chi connectivity index (χ2v) is 6.40. The van der Waals surface area contributed by atoms with Gasteiger partial charge in [-0.25, -0.2) is 15.0 Å². The minimum atomic E-state index is 0.146. The Bertz CT molecular complexity index is 659. The Morgan fingerprint density at radius 2 is 2.05 bits per heavy atom. The van der Waals surface area contributed by atoms with Crippen LogP contribution in [0.25, 0.3) is 11.2 Å². The van der Waals surface area contributed by atoms with Gasteiger partial charge in [0.2, 0.25) is 5.91 Å². The highest BCUT2D eigenvalue weighted by Gasteiger charge is 2.26. The van der Waals surface area contributed by atoms with Crippen LogP contribution in [0.2, 0.25) is 0 Å². The fraction of sp³-hybridized carbons (Fsp3) is 0.600. The number of aromatic nitrogens is 4. The number of amides is 1. The Morgan fingerprint density at radius 1 is 1.32 bits per heavy atom. The van der Waals surface area contributed by atoms with Crippen molar-refractivity contribution >= 4 is 22.9 Å². The number of likely N-dealkylation sites (tertiary alicyclic amines) is 1. The van der Waals surface area contributed by atoms with E-state index in [0.717, 1.165) is 18.6 Å². The van der Waals surface area contributed by atoms with Crippen molar-refractivity contribution in [1.29, 1.82) is 0 Å². The smallest absolute Gasteiger partial charge is 0.242 e. The van der Waals surface area contributed by atoms with Gasteiger partial charge in [-0.15, -0.1) is 0 Å². The molecule has 22 heavy (non-hydrogen) atoms. The first-order valence-electron chi connectivity index (χ1n) is 7.67. The van der Waals surface area contributed by atoms with Crippen molar-refractivity contribution in [3.05, 3.63) is 12.7 Å². The maximum atomic E-state index is 12.6. The lowest BCUT2D eigenvalue weighted by molar-refractivity contribution is -0.132. The summed E-state index contributed by atoms with van der Waals surface area (Å²) in [6, 6.07) is 0. The molecule has 1 amide bonds. The number of imidazole rings is 1. The molecule has 2 atom stereocenters. The molecule has 3 rings (SSSR count). The van der Waals surface area contributed by atoms with Gasteiger partial charge in [-0.3, -0.25) is 4.79 Å². The molecule has 1 aliphatic rings. The molecule has 0 spiro atoms. The van der Waals surface area contributed by atoms with E-state index in [4.69, 9.17) is 0 Å². The third-order valence-electron chi connectivity index (χ3n) is 4.16. The number of carbonyl (C=O) groups is 1. The zero-order chi connectivity index (χ0) is 15.7. The quantitative estimate of drug-likeness (QED) is 0.924. The van der Waals surface area contributed by atoms with Gasteiger partial charge in [0.25, 0.3) is 0 Å². The van der Waals surface area contributed by atoms with E-state index in [0.29, 0.717) is 29.8 Å². The van der Waals surface area contributed by atoms with Gasteiger partial charge < -0.3 is 14.8 Å². The van der Waals surface area contributed by atoms with Crippen LogP contribution >= 0.6 is 0 Å². The molecule has 7 nitrogen and oxygen atoms in total. The summed E-state index contributed by atoms with van der Waals surface area (Å²) in [7, 11) is 1.87. The van der Waals surface area contributed by atoms with Gasteiger partial charge in [-0.05, 0) is 18.3 Å². The Balaban J connectivity index is 1.72. The van der Waals surface area contributed by atoms with Gasteiger partial charge >= 0.3 is 0 Å². The number of hydrogen-bond donors (Lipinski definition) is 1. The molecule has 0 aliphatic carbocycles. The number of likely N-dealkylation sites (N-methyl/N-ethyl adjacent to an activating group) is 1. The topological polar surface area (TPSA) is 78.0 Å². The molecular weight excluding hydrogens is 280 g/mol. The maximum absolute atomic E-state index is 12.6. The van der Waals surface area contributed by atoms with E-state index in [1.807, 2.05) is 16.8 Å². The number of aromatic amines is 1. The molecule has 118 valence electrons. The summed E-state index contributed by atoms with van der Waals surface area (Å²) in [5, 5.41) is 0. The number of anilines is 1. The van der Waals surface area contributed by atoms with Crippen LogP contribution in [0.3, 0.4) is 0 Å². The molecular formula is C15H22N6O. The van der Waals surface area contributed by atoms with Crippen LogP contribution < -0.4 is 4.90 Å². The molecule has 2 unspecified atom stereocenters. The standard InChI is InChI=1S/C15H22N6O/c1-10-4-11(2)6-21(5-10)12(22)7-20(3)15-13-14(17-8-16-13)18-9-19-15/h8-11H,4-7H2,1-3H3,(H,16,17,18,19). The number of nitrogens with one attached hydrogen (secondary N) is 1. The average molecular weight is 302 g/mol. The lowest BCUT2D eigenvalue weighted by Crippen LogP contribution is -2.46. The van der Waals surface area contributed by atoms with Crippen LogP contribution in [0.1, 0.15) is 20.3 Å². The van der Waals surface area contributed by atoms with Crippen LogP contribution in [-0.2, 0) is 4.79 Å². The third-order valence-corrected chi connectivity index (χ3v) is 4.16. The van der Waals surface area contributed by atoms with E-state index in [1.54, 1.807) is 6.33 Å². The number of piperidine rings is 1. The molecule has 3 heterocycles. The van der Waals surface area contributed by atoms with Crippen molar-refractivity contribution in [3.8, 4) is 0 Å². The van der Waals surface area contributed by atoms with E-state index >= 15 is 0 Å². The minimum absolute atomic E-state index is 0.146. The number of fused-ring (bicyclic) bond motifs is 1. The second kappa shape index (κ2) is 5.90. The summed E-state index contributed by atoms with van der Waals surface area (Å²) in [4.78, 5) is 31.9. The molecule has 2 aromatic heterocycles. The Hall–Kier alpha value is -2.18. The highest BCUT2D eigenvalue weighted by Crippen LogP contribution is 2.22. The SMILES string of the molecule is CC1CC(C)CN(C(=O)CN(C)c2ncnc3nc[nH]c23)C1. The zero-order valence-corrected chi connectivity index (χ0v) is 13.3. The highest BCUT2D eigenvalue weighted by atomic mass is 16.2. The fourth-order valence-corrected chi connectivity index (χ4v) is 3.29. The monoisotopic (exact) mass is 302 g/mol. The number of hydrogen-bond acceptors (Lipinski definition) is 5. The van der Waals surface area contributed by atoms with Gasteiger partial charge in [0, 0.05) is 20.1 Å². The zero-order valence-electron chi connectivity index (χ0n) is 13.3. The molecule has 0 bridgehead atoms. The summed E-state index contributed by atoms with van der Waals surface area (Å²) in [5.41, 5.74) is 1.38. The Morgan fingerprint density at radius 3 is 2.77 bits per heavy atom. The molecule has 0 radical (unpaired) electrons. The first-order valence-corrected chi connectivity index (χ1v) is 7.67. The first-order chi connectivity index (χ1) is 10.5. The van der Waals surface area contributed by atoms with Gasteiger partial charge in [0.15, 0.2) is 11.5 Å². The van der Waals surface area contributed by atoms with Crippen molar-refractivity contribution in [2.45, 2.75) is 20.3 Å². The van der Waals surface area contributed by atoms with E-state index in [-0.39, 0.29) is 5.91 Å².